The van der Waals surface area contributed by atoms with Gasteiger partial charge in [-0.25, -0.2) is 9.18 Å². The molecular formula is C22H21FN2O3. The van der Waals surface area contributed by atoms with Crippen LogP contribution in [-0.4, -0.2) is 35.1 Å². The Kier molecular flexibility index (Phi) is 3.91. The van der Waals surface area contributed by atoms with Gasteiger partial charge in [-0.2, -0.15) is 0 Å². The molecule has 2 aromatic carbocycles. The van der Waals surface area contributed by atoms with Crippen LogP contribution in [0.5, 0.6) is 0 Å². The minimum absolute atomic E-state index is 0.124. The van der Waals surface area contributed by atoms with Crippen molar-refractivity contribution in [2.75, 3.05) is 18.4 Å². The molecule has 0 amide bonds. The maximum atomic E-state index is 13.3. The summed E-state index contributed by atoms with van der Waals surface area (Å²) in [5.41, 5.74) is 3.28. The number of nitrogens with zero attached hydrogens (tertiary/aromatic N) is 1. The third-order valence-corrected chi connectivity index (χ3v) is 6.08. The van der Waals surface area contributed by atoms with Gasteiger partial charge >= 0.3 is 5.97 Å². The van der Waals surface area contributed by atoms with Crippen molar-refractivity contribution >= 4 is 22.6 Å². The third-order valence-electron chi connectivity index (χ3n) is 6.08. The molecule has 0 radical (unpaired) electrons. The van der Waals surface area contributed by atoms with Crippen LogP contribution in [0.2, 0.25) is 0 Å². The first-order valence-corrected chi connectivity index (χ1v) is 9.62. The molecule has 1 saturated heterocycles. The Hall–Kier alpha value is -2.86. The number of hydrogen-bond acceptors (Lipinski definition) is 4. The molecule has 2 N–H and O–H groups in total. The lowest BCUT2D eigenvalue weighted by Crippen LogP contribution is -2.34. The monoisotopic (exact) mass is 380 g/mol. The molecule has 6 heteroatoms. The van der Waals surface area contributed by atoms with Crippen LogP contribution in [0.15, 0.2) is 40.8 Å². The van der Waals surface area contributed by atoms with Gasteiger partial charge in [-0.15, -0.1) is 0 Å². The summed E-state index contributed by atoms with van der Waals surface area (Å²) in [7, 11) is 0. The van der Waals surface area contributed by atoms with E-state index in [1.165, 1.54) is 25.0 Å². The van der Waals surface area contributed by atoms with Gasteiger partial charge in [-0.1, -0.05) is 0 Å². The average Bonchev–Trinajstić information content (AvgIpc) is 3.27. The number of carboxylic acids is 1. The van der Waals surface area contributed by atoms with Crippen molar-refractivity contribution in [3.05, 3.63) is 53.3 Å². The van der Waals surface area contributed by atoms with Gasteiger partial charge in [-0.05, 0) is 62.2 Å². The SMILES string of the molecule is CC1c2cc3c(C(=O)O)c(-c4ccc(F)cc4)oc3cc2NC[C@@H]2CCCN12. The molecule has 2 aliphatic heterocycles. The van der Waals surface area contributed by atoms with Gasteiger partial charge < -0.3 is 14.8 Å². The number of hydrogen-bond donors (Lipinski definition) is 2. The Bertz CT molecular complexity index is 1070. The molecule has 1 unspecified atom stereocenters. The van der Waals surface area contributed by atoms with Crippen molar-refractivity contribution in [1.82, 2.24) is 4.90 Å². The molecule has 5 nitrogen and oxygen atoms in total. The Morgan fingerprint density at radius 1 is 1.29 bits per heavy atom. The first-order chi connectivity index (χ1) is 13.5. The standard InChI is InChI=1S/C22H21FN2O3/c1-12-16-9-17-19(10-18(16)24-11-15-3-2-8-25(12)15)28-21(20(17)22(26)27)13-4-6-14(23)7-5-13/h4-7,9-10,12,15,24H,2-3,8,11H2,1H3,(H,26,27)/t12?,15-/m0/s1. The average molecular weight is 380 g/mol. The van der Waals surface area contributed by atoms with E-state index in [0.29, 0.717) is 22.6 Å². The van der Waals surface area contributed by atoms with Crippen molar-refractivity contribution in [1.29, 1.82) is 0 Å². The van der Waals surface area contributed by atoms with E-state index in [0.717, 1.165) is 24.3 Å². The normalized spacial score (nSPS) is 21.8. The third kappa shape index (κ3) is 2.59. The molecule has 28 heavy (non-hydrogen) atoms. The van der Waals surface area contributed by atoms with Gasteiger partial charge in [-0.3, -0.25) is 4.90 Å². The van der Waals surface area contributed by atoms with Gasteiger partial charge in [0.25, 0.3) is 0 Å². The number of halogens is 1. The first kappa shape index (κ1) is 17.3. The highest BCUT2D eigenvalue weighted by atomic mass is 19.1. The van der Waals surface area contributed by atoms with Gasteiger partial charge in [0.05, 0.1) is 0 Å². The van der Waals surface area contributed by atoms with Gasteiger partial charge in [0.15, 0.2) is 0 Å². The van der Waals surface area contributed by atoms with Crippen molar-refractivity contribution in [3.8, 4) is 11.3 Å². The fourth-order valence-electron chi connectivity index (χ4n) is 4.67. The zero-order valence-corrected chi connectivity index (χ0v) is 15.5. The van der Waals surface area contributed by atoms with E-state index in [4.69, 9.17) is 4.42 Å². The molecule has 0 saturated carbocycles. The van der Waals surface area contributed by atoms with Crippen LogP contribution in [0.3, 0.4) is 0 Å². The van der Waals surface area contributed by atoms with Crippen LogP contribution in [0.4, 0.5) is 10.1 Å². The van der Waals surface area contributed by atoms with E-state index in [-0.39, 0.29) is 23.2 Å². The summed E-state index contributed by atoms with van der Waals surface area (Å²) < 4.78 is 19.3. The Labute approximate surface area is 161 Å². The number of carbonyl (C=O) groups is 1. The lowest BCUT2D eigenvalue weighted by Gasteiger charge is -2.28. The van der Waals surface area contributed by atoms with Crippen molar-refractivity contribution in [2.24, 2.45) is 0 Å². The van der Waals surface area contributed by atoms with Crippen molar-refractivity contribution < 1.29 is 18.7 Å². The summed E-state index contributed by atoms with van der Waals surface area (Å²) in [6.45, 7) is 4.11. The number of furan rings is 1. The number of rotatable bonds is 2. The highest BCUT2D eigenvalue weighted by Crippen LogP contribution is 2.41. The van der Waals surface area contributed by atoms with Crippen LogP contribution in [0.25, 0.3) is 22.3 Å². The molecule has 0 aliphatic carbocycles. The summed E-state index contributed by atoms with van der Waals surface area (Å²) in [4.78, 5) is 14.6. The molecule has 144 valence electrons. The summed E-state index contributed by atoms with van der Waals surface area (Å²) in [5, 5.41) is 14.0. The summed E-state index contributed by atoms with van der Waals surface area (Å²) in [6.07, 6.45) is 2.37. The van der Waals surface area contributed by atoms with Gasteiger partial charge in [0.2, 0.25) is 0 Å². The molecule has 2 aliphatic rings. The van der Waals surface area contributed by atoms with Crippen molar-refractivity contribution in [2.45, 2.75) is 31.8 Å². The van der Waals surface area contributed by atoms with E-state index in [1.54, 1.807) is 12.1 Å². The van der Waals surface area contributed by atoms with Gasteiger partial charge in [0.1, 0.15) is 22.7 Å². The molecule has 5 rings (SSSR count). The van der Waals surface area contributed by atoms with Crippen molar-refractivity contribution in [3.63, 3.8) is 0 Å². The molecule has 0 spiro atoms. The zero-order chi connectivity index (χ0) is 19.4. The van der Waals surface area contributed by atoms with Crippen LogP contribution in [-0.2, 0) is 0 Å². The number of nitrogens with one attached hydrogen (secondary N) is 1. The molecule has 1 fully saturated rings. The topological polar surface area (TPSA) is 65.7 Å². The Morgan fingerprint density at radius 2 is 2.07 bits per heavy atom. The minimum Gasteiger partial charge on any atom is -0.478 e. The highest BCUT2D eigenvalue weighted by Gasteiger charge is 2.34. The second-order valence-electron chi connectivity index (χ2n) is 7.64. The first-order valence-electron chi connectivity index (χ1n) is 9.62. The number of aromatic carboxylic acids is 1. The number of fused-ring (bicyclic) bond motifs is 3. The highest BCUT2D eigenvalue weighted by molar-refractivity contribution is 6.08. The fourth-order valence-corrected chi connectivity index (χ4v) is 4.67. The van der Waals surface area contributed by atoms with E-state index < -0.39 is 5.97 Å². The van der Waals surface area contributed by atoms with Crippen LogP contribution in [0.1, 0.15) is 41.7 Å². The summed E-state index contributed by atoms with van der Waals surface area (Å²) in [5.74, 6) is -1.16. The summed E-state index contributed by atoms with van der Waals surface area (Å²) in [6, 6.07) is 10.3. The fraction of sp³-hybridized carbons (Fsp3) is 0.318. The predicted molar refractivity (Wildman–Crippen MR) is 105 cm³/mol. The second kappa shape index (κ2) is 6.34. The molecule has 3 heterocycles. The zero-order valence-electron chi connectivity index (χ0n) is 15.5. The quantitative estimate of drug-likeness (QED) is 0.663. The van der Waals surface area contributed by atoms with E-state index in [2.05, 4.69) is 17.1 Å². The summed E-state index contributed by atoms with van der Waals surface area (Å²) >= 11 is 0. The minimum atomic E-state index is -1.05. The molecule has 3 aromatic rings. The Morgan fingerprint density at radius 3 is 2.82 bits per heavy atom. The molecule has 2 atom stereocenters. The van der Waals surface area contributed by atoms with Crippen LogP contribution in [0, 0.1) is 5.82 Å². The molecule has 0 bridgehead atoms. The molecule has 1 aromatic heterocycles. The number of benzene rings is 2. The number of carboxylic acid groups (broad SMARTS) is 1. The van der Waals surface area contributed by atoms with Crippen LogP contribution < -0.4 is 5.32 Å². The van der Waals surface area contributed by atoms with E-state index >= 15 is 0 Å². The largest absolute Gasteiger partial charge is 0.478 e. The molecular weight excluding hydrogens is 359 g/mol. The lowest BCUT2D eigenvalue weighted by molar-refractivity contribution is 0.0699. The lowest BCUT2D eigenvalue weighted by atomic mass is 9.99. The maximum Gasteiger partial charge on any atom is 0.340 e. The predicted octanol–water partition coefficient (Wildman–Crippen LogP) is 4.89. The van der Waals surface area contributed by atoms with E-state index in [1.807, 2.05) is 12.1 Å². The van der Waals surface area contributed by atoms with Crippen LogP contribution >= 0.6 is 0 Å². The maximum absolute atomic E-state index is 13.3. The Balaban J connectivity index is 1.70. The second-order valence-corrected chi connectivity index (χ2v) is 7.64. The number of anilines is 1. The van der Waals surface area contributed by atoms with Gasteiger partial charge in [0, 0.05) is 41.3 Å². The smallest absolute Gasteiger partial charge is 0.340 e. The van der Waals surface area contributed by atoms with E-state index in [9.17, 15) is 14.3 Å².